The second-order valence-corrected chi connectivity index (χ2v) is 4.59. The minimum Gasteiger partial charge on any atom is -0.342 e. The summed E-state index contributed by atoms with van der Waals surface area (Å²) in [5.74, 6) is 1.72. The van der Waals surface area contributed by atoms with E-state index in [2.05, 4.69) is 6.92 Å². The van der Waals surface area contributed by atoms with E-state index in [0.717, 1.165) is 32.4 Å². The smallest absolute Gasteiger partial charge is 0.225 e. The standard InChI is InChI=1S/C11H20ClNO/c1-3-4-9(2)11(14)13-6-5-10(7-12)8-13/h9-10H,3-8H2,1-2H3. The van der Waals surface area contributed by atoms with Crippen molar-refractivity contribution in [3.8, 4) is 0 Å². The van der Waals surface area contributed by atoms with E-state index in [1.54, 1.807) is 0 Å². The van der Waals surface area contributed by atoms with Crippen molar-refractivity contribution < 1.29 is 4.79 Å². The van der Waals surface area contributed by atoms with Gasteiger partial charge in [0.05, 0.1) is 0 Å². The predicted octanol–water partition coefficient (Wildman–Crippen LogP) is 2.51. The second-order valence-electron chi connectivity index (χ2n) is 4.28. The molecule has 0 aromatic carbocycles. The lowest BCUT2D eigenvalue weighted by atomic mass is 10.1. The Morgan fingerprint density at radius 1 is 1.64 bits per heavy atom. The van der Waals surface area contributed by atoms with Crippen molar-refractivity contribution in [1.29, 1.82) is 0 Å². The van der Waals surface area contributed by atoms with Crippen LogP contribution in [0, 0.1) is 11.8 Å². The molecule has 14 heavy (non-hydrogen) atoms. The van der Waals surface area contributed by atoms with E-state index in [4.69, 9.17) is 11.6 Å². The van der Waals surface area contributed by atoms with Crippen LogP contribution in [-0.2, 0) is 4.79 Å². The van der Waals surface area contributed by atoms with Crippen molar-refractivity contribution in [2.24, 2.45) is 11.8 Å². The lowest BCUT2D eigenvalue weighted by molar-refractivity contribution is -0.134. The quantitative estimate of drug-likeness (QED) is 0.663. The maximum Gasteiger partial charge on any atom is 0.225 e. The average Bonchev–Trinajstić information content (AvgIpc) is 2.65. The van der Waals surface area contributed by atoms with E-state index in [0.29, 0.717) is 17.7 Å². The summed E-state index contributed by atoms with van der Waals surface area (Å²) < 4.78 is 0. The Hall–Kier alpha value is -0.240. The van der Waals surface area contributed by atoms with Gasteiger partial charge in [0.25, 0.3) is 0 Å². The highest BCUT2D eigenvalue weighted by Gasteiger charge is 2.27. The van der Waals surface area contributed by atoms with Crippen LogP contribution in [0.4, 0.5) is 0 Å². The summed E-state index contributed by atoms with van der Waals surface area (Å²) >= 11 is 5.78. The fraction of sp³-hybridized carbons (Fsp3) is 0.909. The van der Waals surface area contributed by atoms with Gasteiger partial charge in [-0.15, -0.1) is 11.6 Å². The third kappa shape index (κ3) is 2.88. The van der Waals surface area contributed by atoms with Gasteiger partial charge in [0, 0.05) is 24.9 Å². The van der Waals surface area contributed by atoms with Crippen LogP contribution in [-0.4, -0.2) is 29.8 Å². The van der Waals surface area contributed by atoms with Crippen LogP contribution in [0.15, 0.2) is 0 Å². The lowest BCUT2D eigenvalue weighted by Crippen LogP contribution is -2.33. The third-order valence-electron chi connectivity index (χ3n) is 2.96. The molecule has 0 saturated carbocycles. The molecule has 2 atom stereocenters. The molecule has 1 fully saturated rings. The molecule has 2 nitrogen and oxygen atoms in total. The Balaban J connectivity index is 2.38. The molecule has 1 saturated heterocycles. The predicted molar refractivity (Wildman–Crippen MR) is 59.5 cm³/mol. The first kappa shape index (κ1) is 11.8. The number of alkyl halides is 1. The minimum absolute atomic E-state index is 0.189. The zero-order valence-electron chi connectivity index (χ0n) is 9.13. The lowest BCUT2D eigenvalue weighted by Gasteiger charge is -2.20. The first-order chi connectivity index (χ1) is 6.69. The number of amides is 1. The highest BCUT2D eigenvalue weighted by Crippen LogP contribution is 2.20. The van der Waals surface area contributed by atoms with Crippen molar-refractivity contribution in [2.75, 3.05) is 19.0 Å². The summed E-state index contributed by atoms with van der Waals surface area (Å²) in [5, 5.41) is 0. The number of halogens is 1. The topological polar surface area (TPSA) is 20.3 Å². The summed E-state index contributed by atoms with van der Waals surface area (Å²) in [7, 11) is 0. The van der Waals surface area contributed by atoms with Gasteiger partial charge in [0.2, 0.25) is 5.91 Å². The van der Waals surface area contributed by atoms with Crippen LogP contribution in [0.25, 0.3) is 0 Å². The zero-order chi connectivity index (χ0) is 10.6. The number of carbonyl (C=O) groups is 1. The van der Waals surface area contributed by atoms with Crippen molar-refractivity contribution in [1.82, 2.24) is 4.90 Å². The van der Waals surface area contributed by atoms with Gasteiger partial charge in [-0.05, 0) is 18.8 Å². The molecule has 0 N–H and O–H groups in total. The maximum atomic E-state index is 11.9. The highest BCUT2D eigenvalue weighted by atomic mass is 35.5. The Morgan fingerprint density at radius 3 is 2.86 bits per heavy atom. The van der Waals surface area contributed by atoms with E-state index in [-0.39, 0.29) is 5.92 Å². The van der Waals surface area contributed by atoms with E-state index in [9.17, 15) is 4.79 Å². The Labute approximate surface area is 91.6 Å². The average molecular weight is 218 g/mol. The number of rotatable bonds is 4. The molecule has 3 heteroatoms. The van der Waals surface area contributed by atoms with E-state index in [1.165, 1.54) is 0 Å². The molecule has 0 aromatic rings. The number of likely N-dealkylation sites (tertiary alicyclic amines) is 1. The molecule has 82 valence electrons. The fourth-order valence-corrected chi connectivity index (χ4v) is 2.28. The normalized spacial score (nSPS) is 23.9. The maximum absolute atomic E-state index is 11.9. The molecular weight excluding hydrogens is 198 g/mol. The third-order valence-corrected chi connectivity index (χ3v) is 3.40. The van der Waals surface area contributed by atoms with Crippen molar-refractivity contribution in [3.63, 3.8) is 0 Å². The fourth-order valence-electron chi connectivity index (χ4n) is 2.03. The van der Waals surface area contributed by atoms with Crippen molar-refractivity contribution >= 4 is 17.5 Å². The summed E-state index contributed by atoms with van der Waals surface area (Å²) in [4.78, 5) is 13.9. The van der Waals surface area contributed by atoms with Gasteiger partial charge in [-0.1, -0.05) is 20.3 Å². The van der Waals surface area contributed by atoms with Gasteiger partial charge in [-0.2, -0.15) is 0 Å². The van der Waals surface area contributed by atoms with Crippen LogP contribution < -0.4 is 0 Å². The Morgan fingerprint density at radius 2 is 2.36 bits per heavy atom. The monoisotopic (exact) mass is 217 g/mol. The first-order valence-electron chi connectivity index (χ1n) is 5.53. The molecule has 1 aliphatic heterocycles. The number of nitrogens with zero attached hydrogens (tertiary/aromatic N) is 1. The van der Waals surface area contributed by atoms with Crippen LogP contribution >= 0.6 is 11.6 Å². The Kier molecular flexibility index (Phi) is 4.73. The summed E-state index contributed by atoms with van der Waals surface area (Å²) in [6, 6.07) is 0. The molecule has 0 radical (unpaired) electrons. The van der Waals surface area contributed by atoms with Crippen LogP contribution in [0.2, 0.25) is 0 Å². The molecule has 0 spiro atoms. The molecule has 1 amide bonds. The van der Waals surface area contributed by atoms with E-state index < -0.39 is 0 Å². The number of carbonyl (C=O) groups excluding carboxylic acids is 1. The molecular formula is C11H20ClNO. The summed E-state index contributed by atoms with van der Waals surface area (Å²) in [6.07, 6.45) is 3.16. The molecule has 0 aromatic heterocycles. The van der Waals surface area contributed by atoms with Gasteiger partial charge in [0.15, 0.2) is 0 Å². The van der Waals surface area contributed by atoms with Gasteiger partial charge in [0.1, 0.15) is 0 Å². The molecule has 2 unspecified atom stereocenters. The number of hydrogen-bond donors (Lipinski definition) is 0. The number of hydrogen-bond acceptors (Lipinski definition) is 1. The van der Waals surface area contributed by atoms with Crippen LogP contribution in [0.3, 0.4) is 0 Å². The van der Waals surface area contributed by atoms with Crippen LogP contribution in [0.1, 0.15) is 33.1 Å². The van der Waals surface area contributed by atoms with Crippen molar-refractivity contribution in [2.45, 2.75) is 33.1 Å². The minimum atomic E-state index is 0.189. The first-order valence-corrected chi connectivity index (χ1v) is 6.07. The summed E-state index contributed by atoms with van der Waals surface area (Å²) in [5.41, 5.74) is 0. The van der Waals surface area contributed by atoms with Gasteiger partial charge in [-0.25, -0.2) is 0 Å². The molecule has 1 heterocycles. The van der Waals surface area contributed by atoms with Crippen molar-refractivity contribution in [3.05, 3.63) is 0 Å². The summed E-state index contributed by atoms with van der Waals surface area (Å²) in [6.45, 7) is 5.93. The van der Waals surface area contributed by atoms with Gasteiger partial charge >= 0.3 is 0 Å². The molecule has 1 rings (SSSR count). The zero-order valence-corrected chi connectivity index (χ0v) is 9.89. The molecule has 0 bridgehead atoms. The molecule has 0 aliphatic carbocycles. The largest absolute Gasteiger partial charge is 0.342 e. The second kappa shape index (κ2) is 5.59. The van der Waals surface area contributed by atoms with Gasteiger partial charge in [-0.3, -0.25) is 4.79 Å². The highest BCUT2D eigenvalue weighted by molar-refractivity contribution is 6.18. The van der Waals surface area contributed by atoms with E-state index >= 15 is 0 Å². The van der Waals surface area contributed by atoms with Gasteiger partial charge < -0.3 is 4.90 Å². The Bertz CT molecular complexity index is 196. The SMILES string of the molecule is CCCC(C)C(=O)N1CCC(CCl)C1. The molecule has 1 aliphatic rings. The van der Waals surface area contributed by atoms with E-state index in [1.807, 2.05) is 11.8 Å². The van der Waals surface area contributed by atoms with Crippen LogP contribution in [0.5, 0.6) is 0 Å².